The highest BCUT2D eigenvalue weighted by Crippen LogP contribution is 2.33. The van der Waals surface area contributed by atoms with Crippen LogP contribution < -0.4 is 4.72 Å². The minimum absolute atomic E-state index is 0.136. The molecule has 0 atom stereocenters. The number of hydrogen-bond acceptors (Lipinski definition) is 3. The molecule has 0 amide bonds. The number of aryl methyl sites for hydroxylation is 1. The van der Waals surface area contributed by atoms with Crippen LogP contribution in [0.5, 0.6) is 0 Å². The Morgan fingerprint density at radius 1 is 1.19 bits per heavy atom. The molecule has 0 saturated carbocycles. The first-order valence-corrected chi connectivity index (χ1v) is 9.59. The van der Waals surface area contributed by atoms with Gasteiger partial charge in [-0.25, -0.2) is 8.42 Å². The third-order valence-electron chi connectivity index (χ3n) is 3.11. The molecule has 6 heteroatoms. The number of para-hydroxylation sites is 1. The highest BCUT2D eigenvalue weighted by Gasteiger charge is 2.23. The summed E-state index contributed by atoms with van der Waals surface area (Å²) in [5.41, 5.74) is 1.47. The van der Waals surface area contributed by atoms with Crippen LogP contribution in [0.1, 0.15) is 31.2 Å². The first-order chi connectivity index (χ1) is 9.61. The summed E-state index contributed by atoms with van der Waals surface area (Å²) in [6.45, 7) is 7.99. The standard InChI is InChI=1S/C15H18BrNO2S2/c1-10-13(9-14(16)20-10)21(18,19)17-12-8-6-5-7-11(12)15(2,3)4/h5-9,17H,1-4H3. The van der Waals surface area contributed by atoms with Gasteiger partial charge in [-0.3, -0.25) is 4.72 Å². The van der Waals surface area contributed by atoms with E-state index in [9.17, 15) is 8.42 Å². The number of rotatable bonds is 3. The van der Waals surface area contributed by atoms with E-state index in [-0.39, 0.29) is 5.41 Å². The van der Waals surface area contributed by atoms with Gasteiger partial charge in [0.05, 0.1) is 9.47 Å². The van der Waals surface area contributed by atoms with Crippen LogP contribution in [0.4, 0.5) is 5.69 Å². The molecule has 0 unspecified atom stereocenters. The van der Waals surface area contributed by atoms with E-state index >= 15 is 0 Å². The molecule has 0 spiro atoms. The van der Waals surface area contributed by atoms with Crippen molar-refractivity contribution >= 4 is 43.0 Å². The number of anilines is 1. The van der Waals surface area contributed by atoms with Crippen molar-refractivity contribution in [1.82, 2.24) is 0 Å². The molecule has 0 bridgehead atoms. The van der Waals surface area contributed by atoms with Crippen LogP contribution in [0.2, 0.25) is 0 Å². The van der Waals surface area contributed by atoms with Crippen molar-refractivity contribution in [1.29, 1.82) is 0 Å². The van der Waals surface area contributed by atoms with Crippen LogP contribution in [0.3, 0.4) is 0 Å². The molecular formula is C15H18BrNO2S2. The van der Waals surface area contributed by atoms with Crippen molar-refractivity contribution in [3.63, 3.8) is 0 Å². The largest absolute Gasteiger partial charge is 0.279 e. The predicted octanol–water partition coefficient (Wildman–Crippen LogP) is 4.92. The highest BCUT2D eigenvalue weighted by molar-refractivity contribution is 9.11. The second-order valence-electron chi connectivity index (χ2n) is 5.87. The fourth-order valence-corrected chi connectivity index (χ4v) is 5.62. The minimum atomic E-state index is -3.58. The summed E-state index contributed by atoms with van der Waals surface area (Å²) >= 11 is 4.75. The third kappa shape index (κ3) is 3.67. The van der Waals surface area contributed by atoms with E-state index in [2.05, 4.69) is 41.4 Å². The zero-order valence-electron chi connectivity index (χ0n) is 12.4. The van der Waals surface area contributed by atoms with Gasteiger partial charge in [0.25, 0.3) is 10.0 Å². The van der Waals surface area contributed by atoms with Crippen LogP contribution in [-0.4, -0.2) is 8.42 Å². The average molecular weight is 388 g/mol. The van der Waals surface area contributed by atoms with E-state index in [0.717, 1.165) is 14.2 Å². The maximum absolute atomic E-state index is 12.6. The Hall–Kier alpha value is -0.850. The summed E-state index contributed by atoms with van der Waals surface area (Å²) in [6, 6.07) is 9.15. The van der Waals surface area contributed by atoms with Crippen LogP contribution in [0.25, 0.3) is 0 Å². The lowest BCUT2D eigenvalue weighted by Gasteiger charge is -2.23. The molecule has 21 heavy (non-hydrogen) atoms. The summed E-state index contributed by atoms with van der Waals surface area (Å²) in [4.78, 5) is 1.09. The molecule has 1 aromatic heterocycles. The molecule has 0 aliphatic heterocycles. The monoisotopic (exact) mass is 387 g/mol. The maximum atomic E-state index is 12.6. The smallest absolute Gasteiger partial charge is 0.263 e. The second-order valence-corrected chi connectivity index (χ2v) is 10.2. The van der Waals surface area contributed by atoms with E-state index in [1.807, 2.05) is 18.2 Å². The Labute approximate surface area is 138 Å². The first-order valence-electron chi connectivity index (χ1n) is 6.49. The van der Waals surface area contributed by atoms with Crippen LogP contribution in [-0.2, 0) is 15.4 Å². The second kappa shape index (κ2) is 5.74. The lowest BCUT2D eigenvalue weighted by Crippen LogP contribution is -2.19. The quantitative estimate of drug-likeness (QED) is 0.812. The van der Waals surface area contributed by atoms with Gasteiger partial charge in [0.2, 0.25) is 0 Å². The van der Waals surface area contributed by atoms with Gasteiger partial charge in [-0.1, -0.05) is 39.0 Å². The van der Waals surface area contributed by atoms with Crippen LogP contribution >= 0.6 is 27.3 Å². The number of nitrogens with one attached hydrogen (secondary N) is 1. The molecule has 1 aromatic carbocycles. The summed E-state index contributed by atoms with van der Waals surface area (Å²) in [6.07, 6.45) is 0. The topological polar surface area (TPSA) is 46.2 Å². The Balaban J connectivity index is 2.45. The van der Waals surface area contributed by atoms with Gasteiger partial charge in [-0.2, -0.15) is 0 Å². The van der Waals surface area contributed by atoms with Gasteiger partial charge in [0, 0.05) is 4.88 Å². The van der Waals surface area contributed by atoms with E-state index in [0.29, 0.717) is 10.6 Å². The van der Waals surface area contributed by atoms with E-state index in [1.54, 1.807) is 19.1 Å². The molecule has 1 heterocycles. The molecule has 3 nitrogen and oxygen atoms in total. The minimum Gasteiger partial charge on any atom is -0.279 e. The molecule has 2 aromatic rings. The zero-order chi connectivity index (χ0) is 15.8. The lowest BCUT2D eigenvalue weighted by molar-refractivity contribution is 0.590. The van der Waals surface area contributed by atoms with Crippen molar-refractivity contribution in [3.8, 4) is 0 Å². The summed E-state index contributed by atoms with van der Waals surface area (Å²) in [7, 11) is -3.58. The van der Waals surface area contributed by atoms with Crippen LogP contribution in [0, 0.1) is 6.92 Å². The molecular weight excluding hydrogens is 370 g/mol. The number of benzene rings is 1. The highest BCUT2D eigenvalue weighted by atomic mass is 79.9. The van der Waals surface area contributed by atoms with E-state index < -0.39 is 10.0 Å². The Morgan fingerprint density at radius 3 is 2.33 bits per heavy atom. The molecule has 0 aliphatic carbocycles. The number of thiophene rings is 1. The number of hydrogen-bond donors (Lipinski definition) is 1. The molecule has 0 saturated heterocycles. The fraction of sp³-hybridized carbons (Fsp3) is 0.333. The molecule has 114 valence electrons. The molecule has 0 fully saturated rings. The molecule has 0 aliphatic rings. The number of sulfonamides is 1. The molecule has 1 N–H and O–H groups in total. The lowest BCUT2D eigenvalue weighted by atomic mass is 9.86. The average Bonchev–Trinajstić information content (AvgIpc) is 2.68. The Morgan fingerprint density at radius 2 is 1.81 bits per heavy atom. The molecule has 2 rings (SSSR count). The van der Waals surface area contributed by atoms with Gasteiger partial charge in [-0.15, -0.1) is 11.3 Å². The van der Waals surface area contributed by atoms with Gasteiger partial charge in [0.15, 0.2) is 0 Å². The predicted molar refractivity (Wildman–Crippen MR) is 92.7 cm³/mol. The zero-order valence-corrected chi connectivity index (χ0v) is 15.6. The van der Waals surface area contributed by atoms with Gasteiger partial charge in [0.1, 0.15) is 4.90 Å². The SMILES string of the molecule is Cc1sc(Br)cc1S(=O)(=O)Nc1ccccc1C(C)(C)C. The summed E-state index contributed by atoms with van der Waals surface area (Å²) < 4.78 is 28.7. The van der Waals surface area contributed by atoms with Crippen molar-refractivity contribution in [2.45, 2.75) is 38.0 Å². The normalized spacial score (nSPS) is 12.4. The fourth-order valence-electron chi connectivity index (χ4n) is 2.12. The van der Waals surface area contributed by atoms with Crippen molar-refractivity contribution < 1.29 is 8.42 Å². The van der Waals surface area contributed by atoms with E-state index in [1.165, 1.54) is 11.3 Å². The van der Waals surface area contributed by atoms with Crippen molar-refractivity contribution in [3.05, 3.63) is 44.6 Å². The van der Waals surface area contributed by atoms with Crippen LogP contribution in [0.15, 0.2) is 39.0 Å². The summed E-state index contributed by atoms with van der Waals surface area (Å²) in [5.74, 6) is 0. The van der Waals surface area contributed by atoms with E-state index in [4.69, 9.17) is 0 Å². The third-order valence-corrected chi connectivity index (χ3v) is 6.29. The van der Waals surface area contributed by atoms with Gasteiger partial charge >= 0.3 is 0 Å². The first kappa shape index (κ1) is 16.5. The molecule has 0 radical (unpaired) electrons. The maximum Gasteiger partial charge on any atom is 0.263 e. The Bertz CT molecular complexity index is 758. The Kier molecular flexibility index (Phi) is 4.52. The van der Waals surface area contributed by atoms with Crippen molar-refractivity contribution in [2.75, 3.05) is 4.72 Å². The summed E-state index contributed by atoms with van der Waals surface area (Å²) in [5, 5.41) is 0. The van der Waals surface area contributed by atoms with Gasteiger partial charge < -0.3 is 0 Å². The van der Waals surface area contributed by atoms with Crippen molar-refractivity contribution in [2.24, 2.45) is 0 Å². The number of halogens is 1. The van der Waals surface area contributed by atoms with Gasteiger partial charge in [-0.05, 0) is 46.0 Å².